The fraction of sp³-hybridized carbons (Fsp3) is 0.263. The van der Waals surface area contributed by atoms with Crippen LogP contribution in [0.2, 0.25) is 0 Å². The van der Waals surface area contributed by atoms with Crippen molar-refractivity contribution in [1.82, 2.24) is 14.9 Å². The number of fused-ring (bicyclic) bond motifs is 1. The second kappa shape index (κ2) is 6.57. The van der Waals surface area contributed by atoms with Crippen molar-refractivity contribution in [1.29, 1.82) is 0 Å². The van der Waals surface area contributed by atoms with Gasteiger partial charge >= 0.3 is 6.09 Å². The van der Waals surface area contributed by atoms with Crippen LogP contribution in [0.3, 0.4) is 0 Å². The number of ether oxygens (including phenoxy) is 1. The SMILES string of the molecule is NC(=O)Oc1cccc2[nH]c(-c3cccc(CN4CCCC4)c3)nc12. The molecular formula is C19H20N4O2. The van der Waals surface area contributed by atoms with E-state index in [1.54, 1.807) is 12.1 Å². The molecule has 128 valence electrons. The minimum Gasteiger partial charge on any atom is -0.408 e. The molecule has 1 aliphatic rings. The third-order valence-electron chi connectivity index (χ3n) is 4.49. The van der Waals surface area contributed by atoms with E-state index in [1.165, 1.54) is 31.5 Å². The summed E-state index contributed by atoms with van der Waals surface area (Å²) in [5.74, 6) is 1.11. The molecule has 0 saturated carbocycles. The molecule has 6 nitrogen and oxygen atoms in total. The van der Waals surface area contributed by atoms with Crippen molar-refractivity contribution in [3.8, 4) is 17.1 Å². The molecule has 0 atom stereocenters. The van der Waals surface area contributed by atoms with Gasteiger partial charge in [-0.15, -0.1) is 0 Å². The number of nitrogens with two attached hydrogens (primary N) is 1. The number of hydrogen-bond acceptors (Lipinski definition) is 4. The summed E-state index contributed by atoms with van der Waals surface area (Å²) in [6, 6.07) is 13.8. The molecule has 0 unspecified atom stereocenters. The molecule has 1 aromatic heterocycles. The van der Waals surface area contributed by atoms with Crippen LogP contribution in [0.1, 0.15) is 18.4 Å². The molecule has 2 aromatic carbocycles. The van der Waals surface area contributed by atoms with Crippen LogP contribution < -0.4 is 10.5 Å². The van der Waals surface area contributed by atoms with Crippen LogP contribution in [-0.4, -0.2) is 34.1 Å². The summed E-state index contributed by atoms with van der Waals surface area (Å²) >= 11 is 0. The van der Waals surface area contributed by atoms with Crippen LogP contribution in [0, 0.1) is 0 Å². The lowest BCUT2D eigenvalue weighted by Crippen LogP contribution is -2.18. The minimum atomic E-state index is -0.843. The number of nitrogens with one attached hydrogen (secondary N) is 1. The van der Waals surface area contributed by atoms with Crippen molar-refractivity contribution >= 4 is 17.1 Å². The van der Waals surface area contributed by atoms with Crippen LogP contribution in [-0.2, 0) is 6.54 Å². The zero-order valence-electron chi connectivity index (χ0n) is 13.9. The monoisotopic (exact) mass is 336 g/mol. The number of aromatic amines is 1. The third kappa shape index (κ3) is 3.34. The van der Waals surface area contributed by atoms with Crippen molar-refractivity contribution in [3.05, 3.63) is 48.0 Å². The lowest BCUT2D eigenvalue weighted by molar-refractivity contribution is 0.211. The summed E-state index contributed by atoms with van der Waals surface area (Å²) in [6.07, 6.45) is 1.72. The number of carbonyl (C=O) groups is 1. The van der Waals surface area contributed by atoms with Gasteiger partial charge in [-0.2, -0.15) is 0 Å². The Morgan fingerprint density at radius 2 is 2.00 bits per heavy atom. The number of carbonyl (C=O) groups excluding carboxylic acids is 1. The fourth-order valence-corrected chi connectivity index (χ4v) is 3.35. The Morgan fingerprint density at radius 1 is 1.20 bits per heavy atom. The maximum absolute atomic E-state index is 11.1. The summed E-state index contributed by atoms with van der Waals surface area (Å²) < 4.78 is 5.04. The predicted molar refractivity (Wildman–Crippen MR) is 96.3 cm³/mol. The molecule has 0 radical (unpaired) electrons. The fourth-order valence-electron chi connectivity index (χ4n) is 3.35. The number of H-pyrrole nitrogens is 1. The highest BCUT2D eigenvalue weighted by Crippen LogP contribution is 2.28. The Kier molecular flexibility index (Phi) is 4.11. The number of hydrogen-bond donors (Lipinski definition) is 2. The van der Waals surface area contributed by atoms with E-state index in [4.69, 9.17) is 10.5 Å². The molecule has 2 heterocycles. The highest BCUT2D eigenvalue weighted by atomic mass is 16.5. The molecule has 0 aliphatic carbocycles. The van der Waals surface area contributed by atoms with E-state index in [0.717, 1.165) is 23.4 Å². The van der Waals surface area contributed by atoms with Crippen molar-refractivity contribution in [3.63, 3.8) is 0 Å². The number of para-hydroxylation sites is 1. The highest BCUT2D eigenvalue weighted by Gasteiger charge is 2.14. The average molecular weight is 336 g/mol. The van der Waals surface area contributed by atoms with Gasteiger partial charge in [0.1, 0.15) is 11.3 Å². The smallest absolute Gasteiger partial charge is 0.408 e. The molecular weight excluding hydrogens is 316 g/mol. The van der Waals surface area contributed by atoms with Crippen molar-refractivity contribution in [2.45, 2.75) is 19.4 Å². The topological polar surface area (TPSA) is 84.2 Å². The van der Waals surface area contributed by atoms with Crippen molar-refractivity contribution < 1.29 is 9.53 Å². The first-order valence-corrected chi connectivity index (χ1v) is 8.47. The maximum atomic E-state index is 11.1. The first-order chi connectivity index (χ1) is 12.2. The second-order valence-electron chi connectivity index (χ2n) is 6.34. The van der Waals surface area contributed by atoms with Gasteiger partial charge in [-0.1, -0.05) is 24.3 Å². The molecule has 1 saturated heterocycles. The van der Waals surface area contributed by atoms with E-state index in [-0.39, 0.29) is 0 Å². The lowest BCUT2D eigenvalue weighted by atomic mass is 10.1. The van der Waals surface area contributed by atoms with Gasteiger partial charge in [0.2, 0.25) is 0 Å². The molecule has 1 fully saturated rings. The Bertz CT molecular complexity index is 913. The standard InChI is InChI=1S/C19H20N4O2/c20-19(24)25-16-8-4-7-15-17(16)22-18(21-15)14-6-3-5-13(11-14)12-23-9-1-2-10-23/h3-8,11H,1-2,9-10,12H2,(H2,20,24)(H,21,22). The molecule has 25 heavy (non-hydrogen) atoms. The van der Waals surface area contributed by atoms with E-state index in [1.807, 2.05) is 12.1 Å². The minimum absolute atomic E-state index is 0.362. The van der Waals surface area contributed by atoms with Crippen LogP contribution in [0.5, 0.6) is 5.75 Å². The van der Waals surface area contributed by atoms with Crippen LogP contribution >= 0.6 is 0 Å². The van der Waals surface area contributed by atoms with Gasteiger partial charge in [-0.25, -0.2) is 9.78 Å². The molecule has 6 heteroatoms. The van der Waals surface area contributed by atoms with Crippen LogP contribution in [0.4, 0.5) is 4.79 Å². The largest absolute Gasteiger partial charge is 0.410 e. The molecule has 3 N–H and O–H groups in total. The number of primary amides is 1. The van der Waals surface area contributed by atoms with Crippen molar-refractivity contribution in [2.24, 2.45) is 5.73 Å². The molecule has 1 aliphatic heterocycles. The number of aromatic nitrogens is 2. The summed E-state index contributed by atoms with van der Waals surface area (Å²) in [6.45, 7) is 3.30. The van der Waals surface area contributed by atoms with Crippen LogP contribution in [0.25, 0.3) is 22.4 Å². The quantitative estimate of drug-likeness (QED) is 0.766. The van der Waals surface area contributed by atoms with E-state index < -0.39 is 6.09 Å². The average Bonchev–Trinajstić information content (AvgIpc) is 3.24. The lowest BCUT2D eigenvalue weighted by Gasteiger charge is -2.14. The molecule has 0 bridgehead atoms. The first-order valence-electron chi connectivity index (χ1n) is 8.47. The zero-order valence-corrected chi connectivity index (χ0v) is 13.9. The van der Waals surface area contributed by atoms with Gasteiger partial charge in [0, 0.05) is 12.1 Å². The van der Waals surface area contributed by atoms with Crippen molar-refractivity contribution in [2.75, 3.05) is 13.1 Å². The molecule has 1 amide bonds. The first kappa shape index (κ1) is 15.7. The Morgan fingerprint density at radius 3 is 2.80 bits per heavy atom. The molecule has 4 rings (SSSR count). The number of rotatable bonds is 4. The normalized spacial score (nSPS) is 14.9. The van der Waals surface area contributed by atoms with E-state index >= 15 is 0 Å². The zero-order chi connectivity index (χ0) is 17.2. The van der Waals surface area contributed by atoms with Gasteiger partial charge in [0.15, 0.2) is 5.75 Å². The Labute approximate surface area is 145 Å². The number of amides is 1. The van der Waals surface area contributed by atoms with E-state index in [0.29, 0.717) is 11.3 Å². The van der Waals surface area contributed by atoms with Crippen LogP contribution in [0.15, 0.2) is 42.5 Å². The van der Waals surface area contributed by atoms with Gasteiger partial charge in [0.25, 0.3) is 0 Å². The summed E-state index contributed by atoms with van der Waals surface area (Å²) in [5, 5.41) is 0. The van der Waals surface area contributed by atoms with Gasteiger partial charge in [-0.05, 0) is 49.7 Å². The molecule has 3 aromatic rings. The predicted octanol–water partition coefficient (Wildman–Crippen LogP) is 3.28. The Hall–Kier alpha value is -2.86. The highest BCUT2D eigenvalue weighted by molar-refractivity contribution is 5.87. The Balaban J connectivity index is 1.66. The summed E-state index contributed by atoms with van der Waals surface area (Å²) in [4.78, 5) is 21.4. The third-order valence-corrected chi connectivity index (χ3v) is 4.49. The van der Waals surface area contributed by atoms with Gasteiger partial charge < -0.3 is 15.5 Å². The van der Waals surface area contributed by atoms with Gasteiger partial charge in [0.05, 0.1) is 5.52 Å². The second-order valence-corrected chi connectivity index (χ2v) is 6.34. The molecule has 0 spiro atoms. The number of likely N-dealkylation sites (tertiary alicyclic amines) is 1. The van der Waals surface area contributed by atoms with E-state index in [2.05, 4.69) is 33.1 Å². The number of imidazole rings is 1. The summed E-state index contributed by atoms with van der Waals surface area (Å²) in [7, 11) is 0. The number of nitrogens with zero attached hydrogens (tertiary/aromatic N) is 2. The van der Waals surface area contributed by atoms with E-state index in [9.17, 15) is 4.79 Å². The maximum Gasteiger partial charge on any atom is 0.410 e. The number of benzene rings is 2. The van der Waals surface area contributed by atoms with Gasteiger partial charge in [-0.3, -0.25) is 4.90 Å². The summed E-state index contributed by atoms with van der Waals surface area (Å²) in [5.41, 5.74) is 8.81.